The number of rotatable bonds is 4. The molecular weight excluding hydrogens is 430 g/mol. The summed E-state index contributed by atoms with van der Waals surface area (Å²) < 4.78 is 1.27. The van der Waals surface area contributed by atoms with Crippen molar-refractivity contribution in [2.24, 2.45) is 5.92 Å². The number of nitrogens with zero attached hydrogens (tertiary/aromatic N) is 1. The van der Waals surface area contributed by atoms with Gasteiger partial charge in [-0.1, -0.05) is 83.1 Å². The Balaban J connectivity index is 1.72. The van der Waals surface area contributed by atoms with Crippen LogP contribution in [-0.2, 0) is 11.8 Å². The molecule has 0 aliphatic rings. The van der Waals surface area contributed by atoms with Crippen LogP contribution in [0.5, 0.6) is 0 Å². The Hall–Kier alpha value is -2.97. The van der Waals surface area contributed by atoms with Crippen molar-refractivity contribution in [3.05, 3.63) is 88.8 Å². The lowest BCUT2D eigenvalue weighted by atomic mass is 9.82. The van der Waals surface area contributed by atoms with Gasteiger partial charge in [-0.2, -0.15) is 0 Å². The van der Waals surface area contributed by atoms with E-state index in [4.69, 9.17) is 4.98 Å². The first-order valence-corrected chi connectivity index (χ1v) is 13.1. The summed E-state index contributed by atoms with van der Waals surface area (Å²) in [5.74, 6) is 0.662. The highest BCUT2D eigenvalue weighted by Gasteiger charge is 2.20. The largest absolute Gasteiger partial charge is 0.247 e. The van der Waals surface area contributed by atoms with Crippen LogP contribution >= 0.6 is 11.3 Å². The van der Waals surface area contributed by atoms with Crippen LogP contribution in [0.3, 0.4) is 0 Å². The number of aromatic nitrogens is 1. The smallest absolute Gasteiger partial charge is 0.0852 e. The first-order valence-electron chi connectivity index (χ1n) is 12.2. The molecule has 0 spiro atoms. The van der Waals surface area contributed by atoms with Gasteiger partial charge in [0.05, 0.1) is 15.9 Å². The van der Waals surface area contributed by atoms with Crippen LogP contribution in [0.25, 0.3) is 43.4 Å². The third kappa shape index (κ3) is 4.28. The Morgan fingerprint density at radius 2 is 1.62 bits per heavy atom. The average molecular weight is 464 g/mol. The van der Waals surface area contributed by atoms with E-state index in [9.17, 15) is 0 Å². The summed E-state index contributed by atoms with van der Waals surface area (Å²) >= 11 is 1.80. The van der Waals surface area contributed by atoms with Crippen LogP contribution in [0.15, 0.2) is 72.1 Å². The number of fused-ring (bicyclic) bond motifs is 2. The van der Waals surface area contributed by atoms with Gasteiger partial charge < -0.3 is 0 Å². The van der Waals surface area contributed by atoms with Gasteiger partial charge in [0.1, 0.15) is 0 Å². The van der Waals surface area contributed by atoms with E-state index in [1.54, 1.807) is 11.3 Å². The van der Waals surface area contributed by atoms with E-state index in [0.29, 0.717) is 5.92 Å². The standard InChI is InChI=1S/C32H33NS/c1-20(2)15-22-11-13-23(14-12-22)27-18-29(33-30-21(3)19-34-31(27)30)25-16-24-9-7-8-10-26(24)28(17-25)32(4,5)6/h7-14,16-20H,15H2,1-6H3. The van der Waals surface area contributed by atoms with Gasteiger partial charge in [-0.3, -0.25) is 0 Å². The van der Waals surface area contributed by atoms with Crippen LogP contribution in [0.1, 0.15) is 51.3 Å². The predicted molar refractivity (Wildman–Crippen MR) is 150 cm³/mol. The number of pyridine rings is 1. The van der Waals surface area contributed by atoms with Crippen LogP contribution in [-0.4, -0.2) is 4.98 Å². The van der Waals surface area contributed by atoms with Gasteiger partial charge in [0.15, 0.2) is 0 Å². The van der Waals surface area contributed by atoms with Crippen molar-refractivity contribution in [1.29, 1.82) is 0 Å². The number of aryl methyl sites for hydroxylation is 1. The molecule has 3 aromatic carbocycles. The molecular formula is C32H33NS. The maximum Gasteiger partial charge on any atom is 0.0852 e. The summed E-state index contributed by atoms with van der Waals surface area (Å²) in [5, 5.41) is 4.83. The van der Waals surface area contributed by atoms with Crippen LogP contribution < -0.4 is 0 Å². The highest BCUT2D eigenvalue weighted by Crippen LogP contribution is 2.39. The van der Waals surface area contributed by atoms with Crippen LogP contribution in [0.2, 0.25) is 0 Å². The van der Waals surface area contributed by atoms with E-state index in [1.165, 1.54) is 48.9 Å². The fraction of sp³-hybridized carbons (Fsp3) is 0.281. The third-order valence-electron chi connectivity index (χ3n) is 6.57. The van der Waals surface area contributed by atoms with Crippen molar-refractivity contribution < 1.29 is 0 Å². The highest BCUT2D eigenvalue weighted by atomic mass is 32.1. The van der Waals surface area contributed by atoms with Gasteiger partial charge in [-0.05, 0) is 81.3 Å². The Bertz CT molecular complexity index is 1480. The first-order chi connectivity index (χ1) is 16.2. The van der Waals surface area contributed by atoms with Gasteiger partial charge >= 0.3 is 0 Å². The lowest BCUT2D eigenvalue weighted by molar-refractivity contribution is 0.596. The number of thiophene rings is 1. The van der Waals surface area contributed by atoms with Crippen molar-refractivity contribution in [3.63, 3.8) is 0 Å². The predicted octanol–water partition coefficient (Wildman–Crippen LogP) is 9.59. The summed E-state index contributed by atoms with van der Waals surface area (Å²) in [4.78, 5) is 5.19. The van der Waals surface area contributed by atoms with Crippen molar-refractivity contribution >= 4 is 32.3 Å². The van der Waals surface area contributed by atoms with E-state index in [-0.39, 0.29) is 5.41 Å². The molecule has 0 radical (unpaired) electrons. The normalized spacial score (nSPS) is 12.2. The molecule has 0 saturated carbocycles. The van der Waals surface area contributed by atoms with Crippen molar-refractivity contribution in [2.75, 3.05) is 0 Å². The third-order valence-corrected chi connectivity index (χ3v) is 7.69. The van der Waals surface area contributed by atoms with Gasteiger partial charge in [0, 0.05) is 11.1 Å². The molecule has 1 nitrogen and oxygen atoms in total. The van der Waals surface area contributed by atoms with Gasteiger partial charge in [0.2, 0.25) is 0 Å². The monoisotopic (exact) mass is 463 g/mol. The Morgan fingerprint density at radius 3 is 2.32 bits per heavy atom. The lowest BCUT2D eigenvalue weighted by Gasteiger charge is -2.23. The van der Waals surface area contributed by atoms with Crippen LogP contribution in [0.4, 0.5) is 0 Å². The quantitative estimate of drug-likeness (QED) is 0.258. The molecule has 2 heterocycles. The fourth-order valence-electron chi connectivity index (χ4n) is 4.86. The molecule has 0 atom stereocenters. The van der Waals surface area contributed by atoms with Crippen LogP contribution in [0, 0.1) is 12.8 Å². The highest BCUT2D eigenvalue weighted by molar-refractivity contribution is 7.18. The molecule has 172 valence electrons. The maximum absolute atomic E-state index is 5.19. The molecule has 0 aliphatic carbocycles. The SMILES string of the molecule is Cc1csc2c(-c3ccc(CC(C)C)cc3)cc(-c3cc(C(C)(C)C)c4ccccc4c3)nc12. The van der Waals surface area contributed by atoms with E-state index >= 15 is 0 Å². The minimum Gasteiger partial charge on any atom is -0.247 e. The Morgan fingerprint density at radius 1 is 0.882 bits per heavy atom. The van der Waals surface area contributed by atoms with E-state index in [1.807, 2.05) is 0 Å². The Kier molecular flexibility index (Phi) is 5.81. The maximum atomic E-state index is 5.19. The molecule has 34 heavy (non-hydrogen) atoms. The molecule has 5 rings (SSSR count). The topological polar surface area (TPSA) is 12.9 Å². The molecule has 0 aliphatic heterocycles. The average Bonchev–Trinajstić information content (AvgIpc) is 3.18. The summed E-state index contributed by atoms with van der Waals surface area (Å²) in [6, 6.07) is 24.8. The molecule has 0 unspecified atom stereocenters. The zero-order chi connectivity index (χ0) is 24.0. The van der Waals surface area contributed by atoms with E-state index < -0.39 is 0 Å². The van der Waals surface area contributed by atoms with Crippen molar-refractivity contribution in [2.45, 2.75) is 53.4 Å². The zero-order valence-corrected chi connectivity index (χ0v) is 21.9. The summed E-state index contributed by atoms with van der Waals surface area (Å²) in [7, 11) is 0. The van der Waals surface area contributed by atoms with Gasteiger partial charge in [-0.25, -0.2) is 4.98 Å². The van der Waals surface area contributed by atoms with Crippen molar-refractivity contribution in [1.82, 2.24) is 4.98 Å². The second kappa shape index (κ2) is 8.67. The second-order valence-corrected chi connectivity index (χ2v) is 11.8. The molecule has 0 amide bonds. The second-order valence-electron chi connectivity index (χ2n) is 10.9. The molecule has 5 aromatic rings. The lowest BCUT2D eigenvalue weighted by Crippen LogP contribution is -2.12. The minimum absolute atomic E-state index is 0.0487. The summed E-state index contributed by atoms with van der Waals surface area (Å²) in [6.45, 7) is 13.6. The number of hydrogen-bond donors (Lipinski definition) is 0. The number of hydrogen-bond acceptors (Lipinski definition) is 2. The number of benzene rings is 3. The first kappa shape index (κ1) is 22.8. The molecule has 0 bridgehead atoms. The van der Waals surface area contributed by atoms with E-state index in [0.717, 1.165) is 17.6 Å². The molecule has 2 heteroatoms. The van der Waals surface area contributed by atoms with E-state index in [2.05, 4.69) is 114 Å². The van der Waals surface area contributed by atoms with Crippen molar-refractivity contribution in [3.8, 4) is 22.4 Å². The fourth-order valence-corrected chi connectivity index (χ4v) is 5.88. The summed E-state index contributed by atoms with van der Waals surface area (Å²) in [5.41, 5.74) is 9.96. The van der Waals surface area contributed by atoms with Gasteiger partial charge in [0.25, 0.3) is 0 Å². The molecule has 0 N–H and O–H groups in total. The minimum atomic E-state index is 0.0487. The molecule has 2 aromatic heterocycles. The zero-order valence-electron chi connectivity index (χ0n) is 21.1. The Labute approximate surface area is 207 Å². The molecule has 0 saturated heterocycles. The van der Waals surface area contributed by atoms with Gasteiger partial charge in [-0.15, -0.1) is 11.3 Å². The summed E-state index contributed by atoms with van der Waals surface area (Å²) in [6.07, 6.45) is 1.11. The molecule has 0 fully saturated rings.